The lowest BCUT2D eigenvalue weighted by Gasteiger charge is -2.08. The third kappa shape index (κ3) is 5.01. The minimum atomic E-state index is -2.87. The van der Waals surface area contributed by atoms with Crippen molar-refractivity contribution in [3.05, 3.63) is 53.6 Å². The highest BCUT2D eigenvalue weighted by Gasteiger charge is 2.13. The molecular formula is C17H15ClF2N4O2S. The Hall–Kier alpha value is -2.52. The Balaban J connectivity index is 1.57. The molecule has 27 heavy (non-hydrogen) atoms. The van der Waals surface area contributed by atoms with Crippen molar-refractivity contribution in [1.82, 2.24) is 14.9 Å². The smallest absolute Gasteiger partial charge is 0.387 e. The topological polar surface area (TPSA) is 75.2 Å². The number of alkyl halides is 2. The Morgan fingerprint density at radius 3 is 2.56 bits per heavy atom. The predicted octanol–water partition coefficient (Wildman–Crippen LogP) is 4.08. The molecule has 1 heterocycles. The van der Waals surface area contributed by atoms with Crippen LogP contribution in [0.25, 0.3) is 11.4 Å². The van der Waals surface area contributed by atoms with Crippen molar-refractivity contribution in [1.29, 1.82) is 0 Å². The van der Waals surface area contributed by atoms with E-state index in [2.05, 4.69) is 14.9 Å². The van der Waals surface area contributed by atoms with Crippen molar-refractivity contribution in [2.75, 3.05) is 18.2 Å². The van der Waals surface area contributed by atoms with E-state index in [4.69, 9.17) is 22.2 Å². The standard InChI is InChI=1S/C17H15ClF2N4O2S/c18-13-3-1-2-4-14(13)25-9-10-27-17-23-22-15(24(17)21)11-5-7-12(8-6-11)26-16(19)20/h1-8,16H,9-10,21H2. The third-order valence-electron chi connectivity index (χ3n) is 3.41. The van der Waals surface area contributed by atoms with Gasteiger partial charge in [0.05, 0.1) is 11.6 Å². The average molecular weight is 413 g/mol. The van der Waals surface area contributed by atoms with Crippen molar-refractivity contribution in [2.45, 2.75) is 11.8 Å². The fraction of sp³-hybridized carbons (Fsp3) is 0.176. The van der Waals surface area contributed by atoms with E-state index in [0.29, 0.717) is 39.7 Å². The summed E-state index contributed by atoms with van der Waals surface area (Å²) in [6.45, 7) is -2.46. The number of nitrogens with zero attached hydrogens (tertiary/aromatic N) is 3. The van der Waals surface area contributed by atoms with Crippen LogP contribution in [0.5, 0.6) is 11.5 Å². The molecule has 10 heteroatoms. The number of benzene rings is 2. The molecule has 2 N–H and O–H groups in total. The summed E-state index contributed by atoms with van der Waals surface area (Å²) in [6.07, 6.45) is 0. The van der Waals surface area contributed by atoms with Gasteiger partial charge in [0.15, 0.2) is 5.82 Å². The number of para-hydroxylation sites is 1. The molecule has 0 unspecified atom stereocenters. The molecule has 2 aromatic carbocycles. The van der Waals surface area contributed by atoms with Gasteiger partial charge in [-0.15, -0.1) is 10.2 Å². The van der Waals surface area contributed by atoms with E-state index in [1.807, 2.05) is 12.1 Å². The average Bonchev–Trinajstić information content (AvgIpc) is 3.01. The van der Waals surface area contributed by atoms with Crippen molar-refractivity contribution in [3.8, 4) is 22.9 Å². The van der Waals surface area contributed by atoms with Crippen LogP contribution in [0.1, 0.15) is 0 Å². The van der Waals surface area contributed by atoms with Crippen LogP contribution < -0.4 is 15.3 Å². The van der Waals surface area contributed by atoms with Gasteiger partial charge < -0.3 is 15.3 Å². The van der Waals surface area contributed by atoms with Crippen LogP contribution in [0.3, 0.4) is 0 Å². The van der Waals surface area contributed by atoms with Gasteiger partial charge >= 0.3 is 6.61 Å². The SMILES string of the molecule is Nn1c(SCCOc2ccccc2Cl)nnc1-c1ccc(OC(F)F)cc1. The van der Waals surface area contributed by atoms with Crippen LogP contribution >= 0.6 is 23.4 Å². The third-order valence-corrected chi connectivity index (χ3v) is 4.63. The quantitative estimate of drug-likeness (QED) is 0.341. The zero-order valence-corrected chi connectivity index (χ0v) is 15.5. The van der Waals surface area contributed by atoms with Gasteiger partial charge in [0.25, 0.3) is 0 Å². The first-order chi connectivity index (χ1) is 13.0. The Kier molecular flexibility index (Phi) is 6.36. The number of nitrogen functional groups attached to an aromatic ring is 1. The maximum Gasteiger partial charge on any atom is 0.387 e. The van der Waals surface area contributed by atoms with E-state index in [-0.39, 0.29) is 5.75 Å². The molecule has 0 aliphatic heterocycles. The molecule has 0 aliphatic rings. The summed E-state index contributed by atoms with van der Waals surface area (Å²) in [5, 5.41) is 9.13. The number of halogens is 3. The molecule has 3 aromatic rings. The Morgan fingerprint density at radius 2 is 1.85 bits per heavy atom. The zero-order chi connectivity index (χ0) is 19.2. The molecule has 1 aromatic heterocycles. The molecule has 0 bridgehead atoms. The molecule has 0 amide bonds. The summed E-state index contributed by atoms with van der Waals surface area (Å²) in [6, 6.07) is 13.2. The lowest BCUT2D eigenvalue weighted by molar-refractivity contribution is -0.0498. The molecular weight excluding hydrogens is 398 g/mol. The molecule has 0 atom stereocenters. The molecule has 6 nitrogen and oxygen atoms in total. The lowest BCUT2D eigenvalue weighted by Crippen LogP contribution is -2.12. The minimum absolute atomic E-state index is 0.0585. The van der Waals surface area contributed by atoms with Crippen molar-refractivity contribution < 1.29 is 18.3 Å². The van der Waals surface area contributed by atoms with Gasteiger partial charge in [-0.3, -0.25) is 0 Å². The van der Waals surface area contributed by atoms with E-state index in [0.717, 1.165) is 0 Å². The van der Waals surface area contributed by atoms with Gasteiger partial charge in [-0.05, 0) is 36.4 Å². The highest BCUT2D eigenvalue weighted by Crippen LogP contribution is 2.26. The molecule has 0 fully saturated rings. The number of aromatic nitrogens is 3. The number of hydrogen-bond acceptors (Lipinski definition) is 6. The van der Waals surface area contributed by atoms with Gasteiger partial charge in [-0.25, -0.2) is 4.68 Å². The molecule has 0 spiro atoms. The van der Waals surface area contributed by atoms with Crippen molar-refractivity contribution in [2.24, 2.45) is 0 Å². The van der Waals surface area contributed by atoms with E-state index < -0.39 is 6.61 Å². The second kappa shape index (κ2) is 8.92. The monoisotopic (exact) mass is 412 g/mol. The fourth-order valence-electron chi connectivity index (χ4n) is 2.20. The van der Waals surface area contributed by atoms with Gasteiger partial charge in [0.1, 0.15) is 11.5 Å². The first kappa shape index (κ1) is 19.2. The van der Waals surface area contributed by atoms with E-state index >= 15 is 0 Å². The van der Waals surface area contributed by atoms with Crippen LogP contribution in [0, 0.1) is 0 Å². The van der Waals surface area contributed by atoms with E-state index in [1.54, 1.807) is 24.3 Å². The Labute approximate surface area is 163 Å². The Bertz CT molecular complexity index is 893. The molecule has 0 saturated heterocycles. The number of hydrogen-bond donors (Lipinski definition) is 1. The van der Waals surface area contributed by atoms with Crippen molar-refractivity contribution >= 4 is 23.4 Å². The Morgan fingerprint density at radius 1 is 1.11 bits per heavy atom. The second-order valence-corrected chi connectivity index (χ2v) is 6.68. The minimum Gasteiger partial charge on any atom is -0.491 e. The van der Waals surface area contributed by atoms with Gasteiger partial charge in [-0.2, -0.15) is 8.78 Å². The number of nitrogens with two attached hydrogens (primary N) is 1. The largest absolute Gasteiger partial charge is 0.491 e. The van der Waals surface area contributed by atoms with Crippen LogP contribution in [0.4, 0.5) is 8.78 Å². The molecule has 3 rings (SSSR count). The predicted molar refractivity (Wildman–Crippen MR) is 99.9 cm³/mol. The maximum atomic E-state index is 12.2. The zero-order valence-electron chi connectivity index (χ0n) is 13.9. The maximum absolute atomic E-state index is 12.2. The summed E-state index contributed by atoms with van der Waals surface area (Å²) in [7, 11) is 0. The van der Waals surface area contributed by atoms with E-state index in [9.17, 15) is 8.78 Å². The van der Waals surface area contributed by atoms with Gasteiger partial charge in [0.2, 0.25) is 5.16 Å². The molecule has 0 aliphatic carbocycles. The number of ether oxygens (including phenoxy) is 2. The fourth-order valence-corrected chi connectivity index (χ4v) is 3.07. The van der Waals surface area contributed by atoms with Crippen LogP contribution in [-0.2, 0) is 0 Å². The van der Waals surface area contributed by atoms with Crippen molar-refractivity contribution in [3.63, 3.8) is 0 Å². The van der Waals surface area contributed by atoms with E-state index in [1.165, 1.54) is 28.6 Å². The van der Waals surface area contributed by atoms with Crippen LogP contribution in [0.15, 0.2) is 53.7 Å². The first-order valence-corrected chi connectivity index (χ1v) is 9.17. The normalized spacial score (nSPS) is 11.0. The van der Waals surface area contributed by atoms with Crippen LogP contribution in [-0.4, -0.2) is 33.8 Å². The molecule has 0 radical (unpaired) electrons. The lowest BCUT2D eigenvalue weighted by atomic mass is 10.2. The summed E-state index contributed by atoms with van der Waals surface area (Å²) in [4.78, 5) is 0. The summed E-state index contributed by atoms with van der Waals surface area (Å²) < 4.78 is 35.7. The molecule has 0 saturated carbocycles. The van der Waals surface area contributed by atoms with Gasteiger partial charge in [0, 0.05) is 11.3 Å². The second-order valence-electron chi connectivity index (χ2n) is 5.21. The summed E-state index contributed by atoms with van der Waals surface area (Å²) in [5.74, 6) is 7.69. The number of thioether (sulfide) groups is 1. The van der Waals surface area contributed by atoms with Gasteiger partial charge in [-0.1, -0.05) is 35.5 Å². The van der Waals surface area contributed by atoms with Crippen LogP contribution in [0.2, 0.25) is 5.02 Å². The summed E-state index contributed by atoms with van der Waals surface area (Å²) in [5.41, 5.74) is 0.630. The molecule has 142 valence electrons. The summed E-state index contributed by atoms with van der Waals surface area (Å²) >= 11 is 7.40. The highest BCUT2D eigenvalue weighted by molar-refractivity contribution is 7.99. The first-order valence-electron chi connectivity index (χ1n) is 7.80. The number of rotatable bonds is 8. The highest BCUT2D eigenvalue weighted by atomic mass is 35.5.